The van der Waals surface area contributed by atoms with Crippen molar-refractivity contribution < 1.29 is 4.74 Å². The lowest BCUT2D eigenvalue weighted by Gasteiger charge is -2.28. The summed E-state index contributed by atoms with van der Waals surface area (Å²) < 4.78 is 6.42. The van der Waals surface area contributed by atoms with Crippen LogP contribution >= 0.6 is 11.3 Å². The molecule has 0 bridgehead atoms. The van der Waals surface area contributed by atoms with E-state index in [2.05, 4.69) is 15.4 Å². The number of nitrogens with zero attached hydrogens (tertiary/aromatic N) is 2. The summed E-state index contributed by atoms with van der Waals surface area (Å²) in [6.07, 6.45) is 0. The summed E-state index contributed by atoms with van der Waals surface area (Å²) in [6.45, 7) is 3.25. The summed E-state index contributed by atoms with van der Waals surface area (Å²) in [6, 6.07) is 4.05. The molecule has 0 radical (unpaired) electrons. The molecule has 0 amide bonds. The second-order valence-corrected chi connectivity index (χ2v) is 4.82. The summed E-state index contributed by atoms with van der Waals surface area (Å²) in [5.41, 5.74) is 13.8. The van der Waals surface area contributed by atoms with Gasteiger partial charge in [0.1, 0.15) is 5.52 Å². The third kappa shape index (κ3) is 2.06. The Morgan fingerprint density at radius 1 is 1.35 bits per heavy atom. The van der Waals surface area contributed by atoms with Crippen LogP contribution in [0.15, 0.2) is 17.6 Å². The Morgan fingerprint density at radius 2 is 2.18 bits per heavy atom. The third-order valence-electron chi connectivity index (χ3n) is 2.83. The van der Waals surface area contributed by atoms with E-state index in [1.165, 1.54) is 0 Å². The Kier molecular flexibility index (Phi) is 2.84. The molecule has 2 heterocycles. The molecule has 1 aliphatic rings. The quantitative estimate of drug-likeness (QED) is 0.792. The van der Waals surface area contributed by atoms with Gasteiger partial charge in [0.05, 0.1) is 34.8 Å². The number of aromatic nitrogens is 1. The Bertz CT molecular complexity index is 521. The minimum Gasteiger partial charge on any atom is -0.395 e. The Morgan fingerprint density at radius 3 is 3.00 bits per heavy atom. The number of rotatable bonds is 2. The first-order valence-corrected chi connectivity index (χ1v) is 6.43. The summed E-state index contributed by atoms with van der Waals surface area (Å²) >= 11 is 1.60. The maximum absolute atomic E-state index is 6.10. The SMILES string of the molecule is Nc1c(NN2CCOCC2)ccc2scnc12. The number of benzene rings is 1. The molecule has 1 fully saturated rings. The highest BCUT2D eigenvalue weighted by Crippen LogP contribution is 2.30. The number of hydrogen-bond acceptors (Lipinski definition) is 6. The molecule has 6 heteroatoms. The third-order valence-corrected chi connectivity index (χ3v) is 3.63. The largest absolute Gasteiger partial charge is 0.395 e. The summed E-state index contributed by atoms with van der Waals surface area (Å²) in [4.78, 5) is 4.28. The van der Waals surface area contributed by atoms with Crippen molar-refractivity contribution in [3.8, 4) is 0 Å². The molecule has 1 aromatic heterocycles. The smallest absolute Gasteiger partial charge is 0.106 e. The molecule has 2 aromatic rings. The van der Waals surface area contributed by atoms with Gasteiger partial charge in [0.2, 0.25) is 0 Å². The minimum absolute atomic E-state index is 0.718. The number of nitrogens with two attached hydrogens (primary N) is 1. The van der Waals surface area contributed by atoms with E-state index in [0.29, 0.717) is 0 Å². The van der Waals surface area contributed by atoms with Gasteiger partial charge >= 0.3 is 0 Å². The van der Waals surface area contributed by atoms with Gasteiger partial charge in [-0.25, -0.2) is 9.99 Å². The van der Waals surface area contributed by atoms with Gasteiger partial charge in [0, 0.05) is 13.1 Å². The van der Waals surface area contributed by atoms with E-state index in [-0.39, 0.29) is 0 Å². The summed E-state index contributed by atoms with van der Waals surface area (Å²) in [7, 11) is 0. The van der Waals surface area contributed by atoms with Crippen molar-refractivity contribution in [2.24, 2.45) is 0 Å². The first-order chi connectivity index (χ1) is 8.34. The molecule has 0 aliphatic carbocycles. The molecule has 0 saturated carbocycles. The molecule has 3 N–H and O–H groups in total. The van der Waals surface area contributed by atoms with Crippen molar-refractivity contribution in [3.63, 3.8) is 0 Å². The first-order valence-electron chi connectivity index (χ1n) is 5.55. The Hall–Kier alpha value is -1.37. The fourth-order valence-electron chi connectivity index (χ4n) is 1.90. The van der Waals surface area contributed by atoms with Gasteiger partial charge in [-0.3, -0.25) is 0 Å². The van der Waals surface area contributed by atoms with Crippen LogP contribution in [0.4, 0.5) is 11.4 Å². The molecule has 3 rings (SSSR count). The number of nitrogen functional groups attached to an aromatic ring is 1. The fraction of sp³-hybridized carbons (Fsp3) is 0.364. The lowest BCUT2D eigenvalue weighted by Crippen LogP contribution is -2.40. The summed E-state index contributed by atoms with van der Waals surface area (Å²) in [5, 5.41) is 2.12. The van der Waals surface area contributed by atoms with Crippen molar-refractivity contribution in [1.82, 2.24) is 9.99 Å². The number of anilines is 2. The topological polar surface area (TPSA) is 63.4 Å². The molecular weight excluding hydrogens is 236 g/mol. The maximum Gasteiger partial charge on any atom is 0.106 e. The van der Waals surface area contributed by atoms with Crippen LogP contribution in [0.25, 0.3) is 10.2 Å². The van der Waals surface area contributed by atoms with Crippen LogP contribution < -0.4 is 11.2 Å². The monoisotopic (exact) mass is 250 g/mol. The number of fused-ring (bicyclic) bond motifs is 1. The number of thiazole rings is 1. The average molecular weight is 250 g/mol. The highest BCUT2D eigenvalue weighted by atomic mass is 32.1. The molecule has 0 atom stereocenters. The standard InChI is InChI=1S/C11H14N4OS/c12-10-8(14-15-3-5-16-6-4-15)1-2-9-11(10)13-7-17-9/h1-2,7,14H,3-6,12H2. The van der Waals surface area contributed by atoms with Crippen LogP contribution in [-0.4, -0.2) is 36.3 Å². The van der Waals surface area contributed by atoms with Gasteiger partial charge in [-0.05, 0) is 12.1 Å². The van der Waals surface area contributed by atoms with E-state index in [1.54, 1.807) is 11.3 Å². The van der Waals surface area contributed by atoms with E-state index in [4.69, 9.17) is 10.5 Å². The predicted molar refractivity (Wildman–Crippen MR) is 70.0 cm³/mol. The lowest BCUT2D eigenvalue weighted by molar-refractivity contribution is 0.0497. The van der Waals surface area contributed by atoms with E-state index >= 15 is 0 Å². The van der Waals surface area contributed by atoms with Crippen molar-refractivity contribution in [2.45, 2.75) is 0 Å². The number of hydrogen-bond donors (Lipinski definition) is 2. The van der Waals surface area contributed by atoms with Crippen LogP contribution in [0.5, 0.6) is 0 Å². The van der Waals surface area contributed by atoms with Crippen molar-refractivity contribution in [2.75, 3.05) is 37.5 Å². The van der Waals surface area contributed by atoms with Crippen molar-refractivity contribution >= 4 is 32.9 Å². The van der Waals surface area contributed by atoms with E-state index in [9.17, 15) is 0 Å². The molecule has 0 spiro atoms. The van der Waals surface area contributed by atoms with Crippen LogP contribution in [0, 0.1) is 0 Å². The highest BCUT2D eigenvalue weighted by molar-refractivity contribution is 7.16. The molecular formula is C11H14N4OS. The second-order valence-electron chi connectivity index (χ2n) is 3.94. The molecule has 5 nitrogen and oxygen atoms in total. The normalized spacial score (nSPS) is 17.4. The minimum atomic E-state index is 0.718. The average Bonchev–Trinajstić information content (AvgIpc) is 2.83. The molecule has 1 aromatic carbocycles. The van der Waals surface area contributed by atoms with E-state index < -0.39 is 0 Å². The molecule has 17 heavy (non-hydrogen) atoms. The molecule has 1 saturated heterocycles. The van der Waals surface area contributed by atoms with Crippen LogP contribution in [0.2, 0.25) is 0 Å². The molecule has 1 aliphatic heterocycles. The second kappa shape index (κ2) is 4.48. The van der Waals surface area contributed by atoms with Crippen LogP contribution in [0.1, 0.15) is 0 Å². The molecule has 0 unspecified atom stereocenters. The Labute approximate surface area is 103 Å². The first kappa shape index (κ1) is 10.8. The zero-order chi connectivity index (χ0) is 11.7. The highest BCUT2D eigenvalue weighted by Gasteiger charge is 2.13. The zero-order valence-electron chi connectivity index (χ0n) is 9.35. The van der Waals surface area contributed by atoms with Gasteiger partial charge in [0.25, 0.3) is 0 Å². The van der Waals surface area contributed by atoms with Gasteiger partial charge < -0.3 is 15.9 Å². The van der Waals surface area contributed by atoms with Crippen molar-refractivity contribution in [3.05, 3.63) is 17.6 Å². The number of morpholine rings is 1. The van der Waals surface area contributed by atoms with Crippen LogP contribution in [0.3, 0.4) is 0 Å². The maximum atomic E-state index is 6.10. The van der Waals surface area contributed by atoms with E-state index in [1.807, 2.05) is 17.6 Å². The predicted octanol–water partition coefficient (Wildman–Crippen LogP) is 1.54. The fourth-order valence-corrected chi connectivity index (χ4v) is 2.59. The van der Waals surface area contributed by atoms with E-state index in [0.717, 1.165) is 47.9 Å². The number of hydrazine groups is 1. The Balaban J connectivity index is 1.86. The molecule has 90 valence electrons. The van der Waals surface area contributed by atoms with Gasteiger partial charge in [-0.15, -0.1) is 11.3 Å². The zero-order valence-corrected chi connectivity index (χ0v) is 10.2. The lowest BCUT2D eigenvalue weighted by atomic mass is 10.2. The number of nitrogens with one attached hydrogen (secondary N) is 1. The van der Waals surface area contributed by atoms with Gasteiger partial charge in [-0.2, -0.15) is 0 Å². The van der Waals surface area contributed by atoms with Gasteiger partial charge in [0.15, 0.2) is 0 Å². The van der Waals surface area contributed by atoms with Gasteiger partial charge in [-0.1, -0.05) is 0 Å². The van der Waals surface area contributed by atoms with Crippen molar-refractivity contribution in [1.29, 1.82) is 0 Å². The van der Waals surface area contributed by atoms with Crippen LogP contribution in [-0.2, 0) is 4.74 Å². The number of ether oxygens (including phenoxy) is 1. The summed E-state index contributed by atoms with van der Waals surface area (Å²) in [5.74, 6) is 0.